The van der Waals surface area contributed by atoms with Crippen LogP contribution in [0.15, 0.2) is 35.7 Å². The monoisotopic (exact) mass is 385 g/mol. The molecule has 1 aliphatic carbocycles. The molecule has 8 heteroatoms. The number of imidazole rings is 1. The Hall–Kier alpha value is -2.19. The van der Waals surface area contributed by atoms with Crippen molar-refractivity contribution in [2.75, 3.05) is 11.1 Å². The van der Waals surface area contributed by atoms with E-state index >= 15 is 0 Å². The summed E-state index contributed by atoms with van der Waals surface area (Å²) in [4.78, 5) is 16.6. The molecular formula is C18H19N5OS2. The molecule has 0 radical (unpaired) electrons. The van der Waals surface area contributed by atoms with Crippen molar-refractivity contribution in [2.45, 2.75) is 37.8 Å². The lowest BCUT2D eigenvalue weighted by molar-refractivity contribution is -0.113. The van der Waals surface area contributed by atoms with Gasteiger partial charge in [-0.15, -0.1) is 10.2 Å². The first-order chi connectivity index (χ1) is 12.6. The topological polar surface area (TPSA) is 72.7 Å². The van der Waals surface area contributed by atoms with Crippen LogP contribution < -0.4 is 5.32 Å². The van der Waals surface area contributed by atoms with Crippen LogP contribution in [0.2, 0.25) is 0 Å². The number of anilines is 1. The molecule has 1 amide bonds. The number of nitrogens with one attached hydrogen (secondary N) is 1. The summed E-state index contributed by atoms with van der Waals surface area (Å²) in [6.45, 7) is 4.15. The lowest BCUT2D eigenvalue weighted by Crippen LogP contribution is -2.14. The van der Waals surface area contributed by atoms with Crippen molar-refractivity contribution in [3.8, 4) is 5.69 Å². The first kappa shape index (κ1) is 17.2. The molecule has 26 heavy (non-hydrogen) atoms. The molecule has 1 aromatic carbocycles. The average molecular weight is 386 g/mol. The third kappa shape index (κ3) is 3.96. The molecule has 6 nitrogen and oxygen atoms in total. The molecule has 1 aliphatic rings. The summed E-state index contributed by atoms with van der Waals surface area (Å²) in [6.07, 6.45) is 6.03. The number of carbonyl (C=O) groups is 1. The average Bonchev–Trinajstić information content (AvgIpc) is 3.15. The Morgan fingerprint density at radius 2 is 2.04 bits per heavy atom. The summed E-state index contributed by atoms with van der Waals surface area (Å²) in [7, 11) is 0. The number of nitrogens with zero attached hydrogens (tertiary/aromatic N) is 4. The highest BCUT2D eigenvalue weighted by Crippen LogP contribution is 2.42. The minimum atomic E-state index is -0.0940. The second-order valence-corrected chi connectivity index (χ2v) is 8.43. The SMILES string of the molecule is Cc1cc(C)cc(-n2ccnc2SCC(=O)Nc2nnc(C3CC3)s2)c1. The molecular weight excluding hydrogens is 366 g/mol. The summed E-state index contributed by atoms with van der Waals surface area (Å²) in [5.74, 6) is 0.737. The molecule has 2 heterocycles. The third-order valence-corrected chi connectivity index (χ3v) is 6.01. The van der Waals surface area contributed by atoms with Crippen molar-refractivity contribution in [3.05, 3.63) is 46.7 Å². The highest BCUT2D eigenvalue weighted by molar-refractivity contribution is 7.99. The Kier molecular flexibility index (Phi) is 4.78. The molecule has 2 aromatic heterocycles. The summed E-state index contributed by atoms with van der Waals surface area (Å²) in [5.41, 5.74) is 3.45. The van der Waals surface area contributed by atoms with Crippen LogP contribution in [0.4, 0.5) is 5.13 Å². The molecule has 0 aliphatic heterocycles. The largest absolute Gasteiger partial charge is 0.300 e. The van der Waals surface area contributed by atoms with E-state index in [0.717, 1.165) is 15.9 Å². The molecule has 4 rings (SSSR count). The number of benzene rings is 1. The number of carbonyl (C=O) groups excluding carboxylic acids is 1. The van der Waals surface area contributed by atoms with Crippen LogP contribution in [0.25, 0.3) is 5.69 Å². The zero-order valence-electron chi connectivity index (χ0n) is 14.6. The normalized spacial score (nSPS) is 13.8. The Balaban J connectivity index is 1.40. The van der Waals surface area contributed by atoms with Gasteiger partial charge in [-0.25, -0.2) is 4.98 Å². The van der Waals surface area contributed by atoms with Gasteiger partial charge in [-0.05, 0) is 49.9 Å². The van der Waals surface area contributed by atoms with E-state index in [9.17, 15) is 4.79 Å². The first-order valence-corrected chi connectivity index (χ1v) is 10.3. The predicted molar refractivity (Wildman–Crippen MR) is 104 cm³/mol. The van der Waals surface area contributed by atoms with Crippen LogP contribution >= 0.6 is 23.1 Å². The van der Waals surface area contributed by atoms with Crippen molar-refractivity contribution in [1.29, 1.82) is 0 Å². The van der Waals surface area contributed by atoms with Gasteiger partial charge in [-0.3, -0.25) is 14.7 Å². The standard InChI is InChI=1S/C18H19N5OS2/c1-11-7-12(2)9-14(8-11)23-6-5-19-18(23)25-10-15(24)20-17-22-21-16(26-17)13-3-4-13/h5-9,13H,3-4,10H2,1-2H3,(H,20,22,24). The van der Waals surface area contributed by atoms with Crippen LogP contribution in [-0.2, 0) is 4.79 Å². The van der Waals surface area contributed by atoms with E-state index in [0.29, 0.717) is 11.0 Å². The van der Waals surface area contributed by atoms with Crippen molar-refractivity contribution < 1.29 is 4.79 Å². The van der Waals surface area contributed by atoms with Crippen molar-refractivity contribution in [2.24, 2.45) is 0 Å². The van der Waals surface area contributed by atoms with Gasteiger partial charge >= 0.3 is 0 Å². The van der Waals surface area contributed by atoms with Gasteiger partial charge in [0.2, 0.25) is 11.0 Å². The van der Waals surface area contributed by atoms with Gasteiger partial charge in [-0.1, -0.05) is 29.2 Å². The lowest BCUT2D eigenvalue weighted by Gasteiger charge is -2.09. The van der Waals surface area contributed by atoms with Gasteiger partial charge in [0.1, 0.15) is 5.01 Å². The van der Waals surface area contributed by atoms with Gasteiger partial charge < -0.3 is 0 Å². The first-order valence-electron chi connectivity index (χ1n) is 8.46. The summed E-state index contributed by atoms with van der Waals surface area (Å²) in [6, 6.07) is 6.36. The van der Waals surface area contributed by atoms with Crippen LogP contribution in [0, 0.1) is 13.8 Å². The highest BCUT2D eigenvalue weighted by Gasteiger charge is 2.27. The fourth-order valence-corrected chi connectivity index (χ4v) is 4.45. The number of hydrogen-bond donors (Lipinski definition) is 1. The van der Waals surface area contributed by atoms with Gasteiger partial charge in [0.05, 0.1) is 5.75 Å². The summed E-state index contributed by atoms with van der Waals surface area (Å²) < 4.78 is 2.01. The molecule has 1 N–H and O–H groups in total. The zero-order valence-corrected chi connectivity index (χ0v) is 16.2. The Bertz CT molecular complexity index is 924. The number of aryl methyl sites for hydroxylation is 2. The van der Waals surface area contributed by atoms with Gasteiger partial charge in [-0.2, -0.15) is 0 Å². The number of rotatable bonds is 6. The predicted octanol–water partition coefficient (Wildman–Crippen LogP) is 3.95. The number of hydrogen-bond acceptors (Lipinski definition) is 6. The lowest BCUT2D eigenvalue weighted by atomic mass is 10.1. The van der Waals surface area contributed by atoms with Gasteiger partial charge in [0.15, 0.2) is 5.16 Å². The fourth-order valence-electron chi connectivity index (χ4n) is 2.75. The van der Waals surface area contributed by atoms with E-state index in [-0.39, 0.29) is 11.7 Å². The van der Waals surface area contributed by atoms with E-state index < -0.39 is 0 Å². The van der Waals surface area contributed by atoms with E-state index in [1.165, 1.54) is 47.1 Å². The Morgan fingerprint density at radius 1 is 1.27 bits per heavy atom. The molecule has 1 fully saturated rings. The van der Waals surface area contributed by atoms with E-state index in [1.54, 1.807) is 6.20 Å². The summed E-state index contributed by atoms with van der Waals surface area (Å²) in [5, 5.41) is 13.4. The molecule has 3 aromatic rings. The minimum Gasteiger partial charge on any atom is -0.300 e. The Morgan fingerprint density at radius 3 is 2.77 bits per heavy atom. The molecule has 0 unspecified atom stereocenters. The maximum atomic E-state index is 12.2. The van der Waals surface area contributed by atoms with E-state index in [4.69, 9.17) is 0 Å². The number of amides is 1. The Labute approximate surface area is 160 Å². The fraction of sp³-hybridized carbons (Fsp3) is 0.333. The van der Waals surface area contributed by atoms with Crippen molar-refractivity contribution in [1.82, 2.24) is 19.7 Å². The summed E-state index contributed by atoms with van der Waals surface area (Å²) >= 11 is 2.88. The smallest absolute Gasteiger partial charge is 0.236 e. The van der Waals surface area contributed by atoms with Crippen LogP contribution in [0.3, 0.4) is 0 Å². The molecule has 1 saturated carbocycles. The zero-order chi connectivity index (χ0) is 18.1. The molecule has 134 valence electrons. The van der Waals surface area contributed by atoms with Gasteiger partial charge in [0.25, 0.3) is 0 Å². The third-order valence-electron chi connectivity index (χ3n) is 4.04. The number of aromatic nitrogens is 4. The van der Waals surface area contributed by atoms with E-state index in [2.05, 4.69) is 52.5 Å². The van der Waals surface area contributed by atoms with Crippen LogP contribution in [0.5, 0.6) is 0 Å². The molecule has 0 spiro atoms. The van der Waals surface area contributed by atoms with Crippen LogP contribution in [0.1, 0.15) is 34.9 Å². The maximum Gasteiger partial charge on any atom is 0.236 e. The van der Waals surface area contributed by atoms with Crippen LogP contribution in [-0.4, -0.2) is 31.4 Å². The van der Waals surface area contributed by atoms with Crippen molar-refractivity contribution >= 4 is 34.1 Å². The highest BCUT2D eigenvalue weighted by atomic mass is 32.2. The number of thioether (sulfide) groups is 1. The molecule has 0 bridgehead atoms. The molecule has 0 atom stereocenters. The minimum absolute atomic E-state index is 0.0940. The second kappa shape index (κ2) is 7.20. The second-order valence-electron chi connectivity index (χ2n) is 6.48. The van der Waals surface area contributed by atoms with Crippen molar-refractivity contribution in [3.63, 3.8) is 0 Å². The quantitative estimate of drug-likeness (QED) is 0.651. The molecule has 0 saturated heterocycles. The van der Waals surface area contributed by atoms with E-state index in [1.807, 2.05) is 10.8 Å². The maximum absolute atomic E-state index is 12.2. The van der Waals surface area contributed by atoms with Gasteiger partial charge in [0, 0.05) is 24.0 Å².